The summed E-state index contributed by atoms with van der Waals surface area (Å²) >= 11 is 0. The number of unbranched alkanes of at least 4 members (excludes halogenated alkanes) is 1. The average molecular weight is 185 g/mol. The Bertz CT molecular complexity index is 121. The van der Waals surface area contributed by atoms with E-state index in [1.54, 1.807) is 0 Å². The van der Waals surface area contributed by atoms with Crippen molar-refractivity contribution in [2.75, 3.05) is 26.2 Å². The minimum atomic E-state index is 1.15. The number of nitrogens with zero attached hydrogens (tertiary/aromatic N) is 2. The summed E-state index contributed by atoms with van der Waals surface area (Å²) in [7, 11) is 0. The van der Waals surface area contributed by atoms with Gasteiger partial charge in [0.25, 0.3) is 0 Å². The van der Waals surface area contributed by atoms with Crippen LogP contribution in [0.3, 0.4) is 0 Å². The molecule has 1 saturated heterocycles. The predicted molar refractivity (Wildman–Crippen MR) is 56.1 cm³/mol. The van der Waals surface area contributed by atoms with E-state index in [1.807, 2.05) is 0 Å². The highest BCUT2D eigenvalue weighted by atomic mass is 15.8. The van der Waals surface area contributed by atoms with Crippen molar-refractivity contribution in [2.45, 2.75) is 39.5 Å². The van der Waals surface area contributed by atoms with Gasteiger partial charge in [0.1, 0.15) is 0 Å². The lowest BCUT2D eigenvalue weighted by atomic mass is 10.3. The second kappa shape index (κ2) is 6.35. The van der Waals surface area contributed by atoms with Crippen LogP contribution in [0.15, 0.2) is 0 Å². The maximum absolute atomic E-state index is 3.41. The standard InChI is InChI=1S/C10H23N3/c1-3-5-9-12(8-4-2)13-10-6-7-11-13/h11H,3-10H2,1-2H3. The maximum Gasteiger partial charge on any atom is 0.0303 e. The van der Waals surface area contributed by atoms with Crippen LogP contribution in [-0.4, -0.2) is 36.3 Å². The molecule has 1 rings (SSSR count). The van der Waals surface area contributed by atoms with Crippen LogP contribution >= 0.6 is 0 Å². The summed E-state index contributed by atoms with van der Waals surface area (Å²) in [5.74, 6) is 0. The molecule has 0 atom stereocenters. The summed E-state index contributed by atoms with van der Waals surface area (Å²) in [5, 5.41) is 4.76. The van der Waals surface area contributed by atoms with E-state index in [0.29, 0.717) is 0 Å². The number of hydrogen-bond donors (Lipinski definition) is 1. The third kappa shape index (κ3) is 3.63. The van der Waals surface area contributed by atoms with Crippen molar-refractivity contribution in [3.63, 3.8) is 0 Å². The first kappa shape index (κ1) is 11.0. The first-order valence-electron chi connectivity index (χ1n) is 5.64. The number of nitrogens with one attached hydrogen (secondary N) is 1. The van der Waals surface area contributed by atoms with Crippen LogP contribution in [0, 0.1) is 0 Å². The van der Waals surface area contributed by atoms with Crippen LogP contribution in [0.4, 0.5) is 0 Å². The summed E-state index contributed by atoms with van der Waals surface area (Å²) < 4.78 is 0. The molecule has 0 unspecified atom stereocenters. The summed E-state index contributed by atoms with van der Waals surface area (Å²) in [5.41, 5.74) is 3.41. The van der Waals surface area contributed by atoms with E-state index in [9.17, 15) is 0 Å². The third-order valence-electron chi connectivity index (χ3n) is 2.43. The van der Waals surface area contributed by atoms with Crippen molar-refractivity contribution in [2.24, 2.45) is 0 Å². The van der Waals surface area contributed by atoms with Crippen molar-refractivity contribution < 1.29 is 0 Å². The van der Waals surface area contributed by atoms with Gasteiger partial charge < -0.3 is 0 Å². The van der Waals surface area contributed by atoms with E-state index in [2.05, 4.69) is 29.4 Å². The molecular weight excluding hydrogens is 162 g/mol. The van der Waals surface area contributed by atoms with Gasteiger partial charge in [-0.15, -0.1) is 0 Å². The molecule has 1 aliphatic rings. The van der Waals surface area contributed by atoms with E-state index < -0.39 is 0 Å². The Kier molecular flexibility index (Phi) is 5.35. The van der Waals surface area contributed by atoms with Crippen LogP contribution < -0.4 is 5.43 Å². The van der Waals surface area contributed by atoms with Gasteiger partial charge in [0, 0.05) is 26.2 Å². The monoisotopic (exact) mass is 185 g/mol. The molecule has 0 aromatic heterocycles. The molecule has 1 fully saturated rings. The zero-order chi connectivity index (χ0) is 9.52. The van der Waals surface area contributed by atoms with Gasteiger partial charge >= 0.3 is 0 Å². The van der Waals surface area contributed by atoms with Gasteiger partial charge in [-0.2, -0.15) is 5.12 Å². The van der Waals surface area contributed by atoms with Crippen LogP contribution in [-0.2, 0) is 0 Å². The molecule has 3 nitrogen and oxygen atoms in total. The van der Waals surface area contributed by atoms with Gasteiger partial charge in [-0.1, -0.05) is 20.3 Å². The third-order valence-corrected chi connectivity index (χ3v) is 2.43. The molecule has 0 aromatic rings. The van der Waals surface area contributed by atoms with Crippen molar-refractivity contribution in [3.05, 3.63) is 0 Å². The molecule has 0 radical (unpaired) electrons. The number of hydrogen-bond acceptors (Lipinski definition) is 3. The second-order valence-electron chi connectivity index (χ2n) is 3.69. The highest BCUT2D eigenvalue weighted by Gasteiger charge is 2.17. The molecule has 78 valence electrons. The fraction of sp³-hybridized carbons (Fsp3) is 1.00. The SMILES string of the molecule is CCCCN(CCC)N1CCCN1. The fourth-order valence-corrected chi connectivity index (χ4v) is 1.71. The van der Waals surface area contributed by atoms with Crippen molar-refractivity contribution in [3.8, 4) is 0 Å². The summed E-state index contributed by atoms with van der Waals surface area (Å²) in [6.45, 7) is 9.22. The minimum absolute atomic E-state index is 1.15. The molecule has 1 aliphatic heterocycles. The Morgan fingerprint density at radius 1 is 1.23 bits per heavy atom. The van der Waals surface area contributed by atoms with Crippen molar-refractivity contribution in [1.29, 1.82) is 0 Å². The largest absolute Gasteiger partial charge is 0.241 e. The van der Waals surface area contributed by atoms with Gasteiger partial charge in [0.2, 0.25) is 0 Å². The molecule has 0 amide bonds. The topological polar surface area (TPSA) is 18.5 Å². The lowest BCUT2D eigenvalue weighted by molar-refractivity contribution is -0.0448. The Morgan fingerprint density at radius 3 is 2.62 bits per heavy atom. The molecule has 0 saturated carbocycles. The molecule has 0 aromatic carbocycles. The lowest BCUT2D eigenvalue weighted by Crippen LogP contribution is -2.47. The lowest BCUT2D eigenvalue weighted by Gasteiger charge is -2.30. The normalized spacial score (nSPS) is 18.7. The van der Waals surface area contributed by atoms with Gasteiger partial charge in [-0.25, -0.2) is 10.4 Å². The molecule has 13 heavy (non-hydrogen) atoms. The average Bonchev–Trinajstić information content (AvgIpc) is 2.65. The molecular formula is C10H23N3. The minimum Gasteiger partial charge on any atom is -0.241 e. The second-order valence-corrected chi connectivity index (χ2v) is 3.69. The number of rotatable bonds is 6. The zero-order valence-corrected chi connectivity index (χ0v) is 9.05. The quantitative estimate of drug-likeness (QED) is 0.678. The molecule has 0 spiro atoms. The van der Waals surface area contributed by atoms with Gasteiger partial charge in [0.15, 0.2) is 0 Å². The van der Waals surface area contributed by atoms with Gasteiger partial charge in [-0.05, 0) is 19.3 Å². The summed E-state index contributed by atoms with van der Waals surface area (Å²) in [6, 6.07) is 0. The number of hydrazine groups is 2. The van der Waals surface area contributed by atoms with Crippen LogP contribution in [0.25, 0.3) is 0 Å². The Balaban J connectivity index is 2.26. The fourth-order valence-electron chi connectivity index (χ4n) is 1.71. The summed E-state index contributed by atoms with van der Waals surface area (Å²) in [6.07, 6.45) is 5.11. The smallest absolute Gasteiger partial charge is 0.0303 e. The van der Waals surface area contributed by atoms with Crippen LogP contribution in [0.2, 0.25) is 0 Å². The molecule has 0 bridgehead atoms. The van der Waals surface area contributed by atoms with E-state index in [4.69, 9.17) is 0 Å². The highest BCUT2D eigenvalue weighted by Crippen LogP contribution is 2.05. The first-order valence-corrected chi connectivity index (χ1v) is 5.64. The maximum atomic E-state index is 3.41. The van der Waals surface area contributed by atoms with Gasteiger partial charge in [0.05, 0.1) is 0 Å². The Hall–Kier alpha value is -0.120. The van der Waals surface area contributed by atoms with Crippen molar-refractivity contribution >= 4 is 0 Å². The van der Waals surface area contributed by atoms with Crippen LogP contribution in [0.1, 0.15) is 39.5 Å². The highest BCUT2D eigenvalue weighted by molar-refractivity contribution is 4.61. The van der Waals surface area contributed by atoms with Crippen molar-refractivity contribution in [1.82, 2.24) is 15.6 Å². The Morgan fingerprint density at radius 2 is 2.08 bits per heavy atom. The predicted octanol–water partition coefficient (Wildman–Crippen LogP) is 1.62. The molecule has 1 N–H and O–H groups in total. The van der Waals surface area contributed by atoms with Crippen LogP contribution in [0.5, 0.6) is 0 Å². The van der Waals surface area contributed by atoms with E-state index >= 15 is 0 Å². The first-order chi connectivity index (χ1) is 6.38. The van der Waals surface area contributed by atoms with E-state index in [-0.39, 0.29) is 0 Å². The molecule has 1 heterocycles. The zero-order valence-electron chi connectivity index (χ0n) is 9.05. The molecule has 0 aliphatic carbocycles. The Labute approximate surface area is 82.0 Å². The van der Waals surface area contributed by atoms with E-state index in [0.717, 1.165) is 6.54 Å². The van der Waals surface area contributed by atoms with E-state index in [1.165, 1.54) is 45.3 Å². The van der Waals surface area contributed by atoms with Gasteiger partial charge in [-0.3, -0.25) is 0 Å². The molecule has 3 heteroatoms. The summed E-state index contributed by atoms with van der Waals surface area (Å²) in [4.78, 5) is 0.